The molecule has 0 aromatic heterocycles. The second-order valence-electron chi connectivity index (χ2n) is 5.16. The maximum atomic E-state index is 11.5. The van der Waals surface area contributed by atoms with Gasteiger partial charge >= 0.3 is 5.97 Å². The molecule has 3 N–H and O–H groups in total. The summed E-state index contributed by atoms with van der Waals surface area (Å²) in [5.41, 5.74) is 3.93. The van der Waals surface area contributed by atoms with Gasteiger partial charge in [-0.3, -0.25) is 14.9 Å². The number of nitrogens with zero attached hydrogens (tertiary/aromatic N) is 2. The van der Waals surface area contributed by atoms with Crippen molar-refractivity contribution in [3.05, 3.63) is 33.9 Å². The Morgan fingerprint density at radius 3 is 2.67 bits per heavy atom. The number of aliphatic carboxylic acids is 1. The quantitative estimate of drug-likeness (QED) is 0.633. The van der Waals surface area contributed by atoms with Crippen LogP contribution in [0.2, 0.25) is 0 Å². The van der Waals surface area contributed by atoms with E-state index in [-0.39, 0.29) is 16.9 Å². The van der Waals surface area contributed by atoms with Gasteiger partial charge in [0, 0.05) is 18.2 Å². The summed E-state index contributed by atoms with van der Waals surface area (Å²) in [7, 11) is 0. The van der Waals surface area contributed by atoms with Gasteiger partial charge in [0.15, 0.2) is 0 Å². The molecule has 1 unspecified atom stereocenters. The van der Waals surface area contributed by atoms with E-state index in [1.165, 1.54) is 30.0 Å². The Morgan fingerprint density at radius 1 is 1.48 bits per heavy atom. The molecule has 1 heterocycles. The Hall–Kier alpha value is -2.64. The lowest BCUT2D eigenvalue weighted by Gasteiger charge is -2.32. The van der Waals surface area contributed by atoms with E-state index in [2.05, 4.69) is 0 Å². The van der Waals surface area contributed by atoms with Gasteiger partial charge in [-0.2, -0.15) is 0 Å². The number of rotatable bonds is 4. The number of anilines is 1. The summed E-state index contributed by atoms with van der Waals surface area (Å²) in [6, 6.07) is 3.72. The monoisotopic (exact) mass is 293 g/mol. The predicted octanol–water partition coefficient (Wildman–Crippen LogP) is 1.14. The molecule has 2 rings (SSSR count). The van der Waals surface area contributed by atoms with Crippen molar-refractivity contribution in [3.8, 4) is 0 Å². The predicted molar refractivity (Wildman–Crippen MR) is 74.2 cm³/mol. The molecule has 1 fully saturated rings. The number of hydrogen-bond acceptors (Lipinski definition) is 5. The van der Waals surface area contributed by atoms with E-state index in [4.69, 9.17) is 5.73 Å². The van der Waals surface area contributed by atoms with Crippen molar-refractivity contribution < 1.29 is 19.6 Å². The number of hydrogen-bond donors (Lipinski definition) is 2. The van der Waals surface area contributed by atoms with E-state index in [1.807, 2.05) is 0 Å². The van der Waals surface area contributed by atoms with Crippen LogP contribution in [0.5, 0.6) is 0 Å². The Balaban J connectivity index is 2.60. The molecular weight excluding hydrogens is 278 g/mol. The van der Waals surface area contributed by atoms with Crippen LogP contribution in [0.3, 0.4) is 0 Å². The van der Waals surface area contributed by atoms with Gasteiger partial charge in [0.2, 0.25) is 5.91 Å². The fraction of sp³-hybridized carbons (Fsp3) is 0.385. The molecule has 0 radical (unpaired) electrons. The van der Waals surface area contributed by atoms with E-state index in [1.54, 1.807) is 0 Å². The molecule has 0 spiro atoms. The smallest absolute Gasteiger partial charge is 0.329 e. The minimum atomic E-state index is -1.24. The van der Waals surface area contributed by atoms with Crippen LogP contribution in [0.4, 0.5) is 11.4 Å². The third kappa shape index (κ3) is 2.39. The molecule has 1 aromatic rings. The number of primary amides is 1. The van der Waals surface area contributed by atoms with E-state index in [0.29, 0.717) is 19.4 Å². The third-order valence-electron chi connectivity index (χ3n) is 3.85. The number of carbonyl (C=O) groups is 2. The second kappa shape index (κ2) is 5.04. The molecule has 1 aliphatic rings. The van der Waals surface area contributed by atoms with Crippen LogP contribution in [0.1, 0.15) is 30.1 Å². The van der Waals surface area contributed by atoms with Crippen molar-refractivity contribution in [3.63, 3.8) is 0 Å². The SMILES string of the molecule is CC1(C(=O)O)CCCN1c1cc(C(N)=O)ccc1[N+](=O)[O-]. The summed E-state index contributed by atoms with van der Waals surface area (Å²) in [6.45, 7) is 1.88. The number of carboxylic acids is 1. The maximum absolute atomic E-state index is 11.5. The van der Waals surface area contributed by atoms with Crippen molar-refractivity contribution in [2.75, 3.05) is 11.4 Å². The van der Waals surface area contributed by atoms with E-state index in [9.17, 15) is 24.8 Å². The molecule has 1 atom stereocenters. The summed E-state index contributed by atoms with van der Waals surface area (Å²) in [4.78, 5) is 34.8. The van der Waals surface area contributed by atoms with Crippen molar-refractivity contribution >= 4 is 23.3 Å². The molecule has 0 aliphatic carbocycles. The fourth-order valence-electron chi connectivity index (χ4n) is 2.62. The van der Waals surface area contributed by atoms with Crippen LogP contribution in [0.15, 0.2) is 18.2 Å². The largest absolute Gasteiger partial charge is 0.480 e. The zero-order valence-corrected chi connectivity index (χ0v) is 11.4. The molecule has 21 heavy (non-hydrogen) atoms. The van der Waals surface area contributed by atoms with Crippen molar-refractivity contribution in [2.45, 2.75) is 25.3 Å². The topological polar surface area (TPSA) is 127 Å². The number of carboxylic acid groups (broad SMARTS) is 1. The number of nitro benzene ring substituents is 1. The number of carbonyl (C=O) groups excluding carboxylic acids is 1. The van der Waals surface area contributed by atoms with Gasteiger partial charge < -0.3 is 15.7 Å². The zero-order valence-electron chi connectivity index (χ0n) is 11.4. The summed E-state index contributed by atoms with van der Waals surface area (Å²) in [5, 5.41) is 20.6. The van der Waals surface area contributed by atoms with Crippen molar-refractivity contribution in [2.24, 2.45) is 5.73 Å². The highest BCUT2D eigenvalue weighted by Crippen LogP contribution is 2.39. The zero-order chi connectivity index (χ0) is 15.8. The summed E-state index contributed by atoms with van der Waals surface area (Å²) in [6.07, 6.45) is 0.973. The van der Waals surface area contributed by atoms with Crippen LogP contribution in [-0.4, -0.2) is 34.0 Å². The standard InChI is InChI=1S/C13H15N3O5/c1-13(12(18)19)5-2-6-15(13)10-7-8(11(14)17)3-4-9(10)16(20)21/h3-4,7H,2,5-6H2,1H3,(H2,14,17)(H,18,19). The molecule has 112 valence electrons. The van der Waals surface area contributed by atoms with Gasteiger partial charge in [-0.15, -0.1) is 0 Å². The first-order chi connectivity index (χ1) is 9.77. The molecule has 0 saturated carbocycles. The Kier molecular flexibility index (Phi) is 3.54. The molecule has 1 aromatic carbocycles. The maximum Gasteiger partial charge on any atom is 0.329 e. The number of amides is 1. The molecule has 1 saturated heterocycles. The molecule has 1 aliphatic heterocycles. The number of nitrogens with two attached hydrogens (primary N) is 1. The van der Waals surface area contributed by atoms with Gasteiger partial charge in [0.1, 0.15) is 11.2 Å². The first kappa shape index (κ1) is 14.8. The molecule has 1 amide bonds. The minimum Gasteiger partial charge on any atom is -0.480 e. The third-order valence-corrected chi connectivity index (χ3v) is 3.85. The fourth-order valence-corrected chi connectivity index (χ4v) is 2.62. The van der Waals surface area contributed by atoms with Crippen LogP contribution in [-0.2, 0) is 4.79 Å². The highest BCUT2D eigenvalue weighted by molar-refractivity contribution is 5.95. The highest BCUT2D eigenvalue weighted by atomic mass is 16.6. The van der Waals surface area contributed by atoms with Gasteiger partial charge in [-0.05, 0) is 31.9 Å². The van der Waals surface area contributed by atoms with Gasteiger partial charge in [0.05, 0.1) is 4.92 Å². The van der Waals surface area contributed by atoms with Crippen LogP contribution >= 0.6 is 0 Å². The number of nitro groups is 1. The molecule has 8 heteroatoms. The average Bonchev–Trinajstić information content (AvgIpc) is 2.81. The molecule has 8 nitrogen and oxygen atoms in total. The Morgan fingerprint density at radius 2 is 2.14 bits per heavy atom. The molecular formula is C13H15N3O5. The molecule has 0 bridgehead atoms. The van der Waals surface area contributed by atoms with Gasteiger partial charge in [-0.1, -0.05) is 0 Å². The lowest BCUT2D eigenvalue weighted by molar-refractivity contribution is -0.384. The second-order valence-corrected chi connectivity index (χ2v) is 5.16. The van der Waals surface area contributed by atoms with E-state index in [0.717, 1.165) is 0 Å². The lowest BCUT2D eigenvalue weighted by atomic mass is 9.98. The van der Waals surface area contributed by atoms with Gasteiger partial charge in [-0.25, -0.2) is 4.79 Å². The summed E-state index contributed by atoms with van der Waals surface area (Å²) < 4.78 is 0. The van der Waals surface area contributed by atoms with Crippen LogP contribution < -0.4 is 10.6 Å². The average molecular weight is 293 g/mol. The van der Waals surface area contributed by atoms with E-state index < -0.39 is 22.3 Å². The Labute approximate surface area is 120 Å². The number of benzene rings is 1. The highest BCUT2D eigenvalue weighted by Gasteiger charge is 2.45. The Bertz CT molecular complexity index is 630. The lowest BCUT2D eigenvalue weighted by Crippen LogP contribution is -2.48. The van der Waals surface area contributed by atoms with Crippen LogP contribution in [0.25, 0.3) is 0 Å². The summed E-state index contributed by atoms with van der Waals surface area (Å²) in [5.74, 6) is -1.78. The normalized spacial score (nSPS) is 21.3. The van der Waals surface area contributed by atoms with Crippen molar-refractivity contribution in [1.82, 2.24) is 0 Å². The van der Waals surface area contributed by atoms with Crippen LogP contribution in [0, 0.1) is 10.1 Å². The van der Waals surface area contributed by atoms with Crippen molar-refractivity contribution in [1.29, 1.82) is 0 Å². The summed E-state index contributed by atoms with van der Waals surface area (Å²) >= 11 is 0. The first-order valence-electron chi connectivity index (χ1n) is 6.36. The van der Waals surface area contributed by atoms with Gasteiger partial charge in [0.25, 0.3) is 5.69 Å². The van der Waals surface area contributed by atoms with E-state index >= 15 is 0 Å². The first-order valence-corrected chi connectivity index (χ1v) is 6.36. The minimum absolute atomic E-state index is 0.107.